The van der Waals surface area contributed by atoms with E-state index in [9.17, 15) is 8.42 Å². The normalized spacial score (nSPS) is 18.1. The molecule has 0 saturated heterocycles. The third-order valence-corrected chi connectivity index (χ3v) is 6.19. The molecule has 1 aromatic rings. The fourth-order valence-electron chi connectivity index (χ4n) is 3.14. The zero-order valence-electron chi connectivity index (χ0n) is 13.2. The van der Waals surface area contributed by atoms with Crippen LogP contribution in [0.3, 0.4) is 0 Å². The van der Waals surface area contributed by atoms with Gasteiger partial charge in [0.05, 0.1) is 4.90 Å². The van der Waals surface area contributed by atoms with Crippen LogP contribution in [-0.4, -0.2) is 15.0 Å². The Labute approximate surface area is 128 Å². The zero-order valence-corrected chi connectivity index (χ0v) is 14.0. The minimum Gasteiger partial charge on any atom is -0.326 e. The average Bonchev–Trinajstić information content (AvgIpc) is 2.84. The first-order chi connectivity index (χ1) is 9.77. The molecule has 0 heterocycles. The van der Waals surface area contributed by atoms with E-state index >= 15 is 0 Å². The molecular weight excluding hydrogens is 284 g/mol. The van der Waals surface area contributed by atoms with E-state index in [-0.39, 0.29) is 5.41 Å². The highest BCUT2D eigenvalue weighted by atomic mass is 32.2. The predicted molar refractivity (Wildman–Crippen MR) is 85.6 cm³/mol. The molecule has 3 N–H and O–H groups in total. The number of nitrogens with one attached hydrogen (secondary N) is 1. The second kappa shape index (κ2) is 6.07. The molecule has 0 aliphatic heterocycles. The van der Waals surface area contributed by atoms with Crippen molar-refractivity contribution >= 4 is 10.0 Å². The molecule has 0 spiro atoms. The van der Waals surface area contributed by atoms with Gasteiger partial charge in [-0.25, -0.2) is 13.1 Å². The summed E-state index contributed by atoms with van der Waals surface area (Å²) in [6, 6.07) is 3.61. The van der Waals surface area contributed by atoms with Crippen LogP contribution in [-0.2, 0) is 16.6 Å². The van der Waals surface area contributed by atoms with Crippen molar-refractivity contribution < 1.29 is 8.42 Å². The maximum Gasteiger partial charge on any atom is 0.240 e. The Bertz CT molecular complexity index is 617. The first kappa shape index (κ1) is 16.5. The highest BCUT2D eigenvalue weighted by Crippen LogP contribution is 2.37. The molecule has 0 atom stereocenters. The molecule has 1 aromatic carbocycles. The average molecular weight is 310 g/mol. The summed E-state index contributed by atoms with van der Waals surface area (Å²) in [5.41, 5.74) is 8.48. The first-order valence-corrected chi connectivity index (χ1v) is 9.06. The Morgan fingerprint density at radius 2 is 1.81 bits per heavy atom. The smallest absolute Gasteiger partial charge is 0.240 e. The van der Waals surface area contributed by atoms with E-state index in [1.807, 2.05) is 19.9 Å². The van der Waals surface area contributed by atoms with Gasteiger partial charge in [-0.15, -0.1) is 0 Å². The van der Waals surface area contributed by atoms with E-state index in [2.05, 4.69) is 11.6 Å². The lowest BCUT2D eigenvalue weighted by atomic mass is 9.89. The number of benzene rings is 1. The zero-order chi connectivity index (χ0) is 15.7. The van der Waals surface area contributed by atoms with Crippen molar-refractivity contribution in [2.45, 2.75) is 57.9 Å². The van der Waals surface area contributed by atoms with Crippen LogP contribution in [0.1, 0.15) is 49.3 Å². The topological polar surface area (TPSA) is 72.2 Å². The Morgan fingerprint density at radius 3 is 2.38 bits per heavy atom. The molecule has 1 aliphatic carbocycles. The van der Waals surface area contributed by atoms with E-state index in [1.165, 1.54) is 12.8 Å². The Kier molecular flexibility index (Phi) is 4.76. The van der Waals surface area contributed by atoms with Crippen LogP contribution in [0.25, 0.3) is 0 Å². The van der Waals surface area contributed by atoms with E-state index in [0.717, 1.165) is 29.5 Å². The minimum atomic E-state index is -3.47. The fourth-order valence-corrected chi connectivity index (χ4v) is 4.61. The highest BCUT2D eigenvalue weighted by Gasteiger charge is 2.30. The third-order valence-electron chi connectivity index (χ3n) is 4.64. The molecule has 4 nitrogen and oxygen atoms in total. The number of nitrogens with two attached hydrogens (primary N) is 1. The summed E-state index contributed by atoms with van der Waals surface area (Å²) in [4.78, 5) is 0.357. The van der Waals surface area contributed by atoms with Gasteiger partial charge < -0.3 is 5.73 Å². The van der Waals surface area contributed by atoms with Crippen LogP contribution >= 0.6 is 0 Å². The summed E-state index contributed by atoms with van der Waals surface area (Å²) >= 11 is 0. The summed E-state index contributed by atoms with van der Waals surface area (Å²) in [6.07, 6.45) is 4.57. The van der Waals surface area contributed by atoms with Crippen LogP contribution in [0.15, 0.2) is 17.0 Å². The van der Waals surface area contributed by atoms with Crippen LogP contribution in [0.2, 0.25) is 0 Å². The van der Waals surface area contributed by atoms with E-state index in [4.69, 9.17) is 5.73 Å². The lowest BCUT2D eigenvalue weighted by molar-refractivity contribution is 0.336. The van der Waals surface area contributed by atoms with Gasteiger partial charge in [-0.2, -0.15) is 0 Å². The molecule has 0 aromatic heterocycles. The summed E-state index contributed by atoms with van der Waals surface area (Å²) in [5.74, 6) is 0. The molecular formula is C16H26N2O2S. The quantitative estimate of drug-likeness (QED) is 0.878. The molecule has 0 unspecified atom stereocenters. The Balaban J connectivity index is 2.23. The van der Waals surface area contributed by atoms with Crippen molar-refractivity contribution in [3.63, 3.8) is 0 Å². The van der Waals surface area contributed by atoms with Crippen LogP contribution in [0.5, 0.6) is 0 Å². The van der Waals surface area contributed by atoms with Crippen molar-refractivity contribution in [1.82, 2.24) is 4.72 Å². The molecule has 0 bridgehead atoms. The molecule has 1 aliphatic rings. The van der Waals surface area contributed by atoms with Gasteiger partial charge in [-0.05, 0) is 54.9 Å². The maximum absolute atomic E-state index is 12.6. The SMILES string of the molecule is Cc1cc(C)c(S(=O)(=O)NCC2(C)CCCC2)cc1CN. The van der Waals surface area contributed by atoms with Gasteiger partial charge in [0.25, 0.3) is 0 Å². The Morgan fingerprint density at radius 1 is 1.19 bits per heavy atom. The van der Waals surface area contributed by atoms with Crippen molar-refractivity contribution in [2.75, 3.05) is 6.54 Å². The second-order valence-corrected chi connectivity index (χ2v) is 8.33. The second-order valence-electron chi connectivity index (χ2n) is 6.59. The van der Waals surface area contributed by atoms with E-state index in [0.29, 0.717) is 18.0 Å². The lowest BCUT2D eigenvalue weighted by Crippen LogP contribution is -2.34. The van der Waals surface area contributed by atoms with Crippen molar-refractivity contribution in [2.24, 2.45) is 11.1 Å². The van der Waals surface area contributed by atoms with E-state index < -0.39 is 10.0 Å². The number of rotatable bonds is 5. The molecule has 5 heteroatoms. The van der Waals surface area contributed by atoms with Gasteiger partial charge in [0, 0.05) is 13.1 Å². The lowest BCUT2D eigenvalue weighted by Gasteiger charge is -2.24. The summed E-state index contributed by atoms with van der Waals surface area (Å²) in [7, 11) is -3.47. The van der Waals surface area contributed by atoms with Gasteiger partial charge in [-0.1, -0.05) is 25.8 Å². The molecule has 21 heavy (non-hydrogen) atoms. The van der Waals surface area contributed by atoms with Gasteiger partial charge in [0.1, 0.15) is 0 Å². The van der Waals surface area contributed by atoms with Crippen molar-refractivity contribution in [1.29, 1.82) is 0 Å². The van der Waals surface area contributed by atoms with Gasteiger partial charge in [-0.3, -0.25) is 0 Å². The van der Waals surface area contributed by atoms with E-state index in [1.54, 1.807) is 6.07 Å². The predicted octanol–water partition coefficient (Wildman–Crippen LogP) is 2.62. The minimum absolute atomic E-state index is 0.0996. The van der Waals surface area contributed by atoms with Crippen LogP contribution in [0.4, 0.5) is 0 Å². The Hall–Kier alpha value is -0.910. The van der Waals surface area contributed by atoms with Gasteiger partial charge in [0.2, 0.25) is 10.0 Å². The molecule has 0 radical (unpaired) electrons. The fraction of sp³-hybridized carbons (Fsp3) is 0.625. The standard InChI is InChI=1S/C16H26N2O2S/c1-12-8-13(2)15(9-14(12)10-17)21(19,20)18-11-16(3)6-4-5-7-16/h8-9,18H,4-7,10-11,17H2,1-3H3. The van der Waals surface area contributed by atoms with Gasteiger partial charge in [0.15, 0.2) is 0 Å². The molecule has 0 amide bonds. The van der Waals surface area contributed by atoms with Crippen molar-refractivity contribution in [3.05, 3.63) is 28.8 Å². The monoisotopic (exact) mass is 310 g/mol. The molecule has 118 valence electrons. The number of hydrogen-bond acceptors (Lipinski definition) is 3. The largest absolute Gasteiger partial charge is 0.326 e. The summed E-state index contributed by atoms with van der Waals surface area (Å²) in [5, 5.41) is 0. The van der Waals surface area contributed by atoms with Crippen LogP contribution < -0.4 is 10.5 Å². The highest BCUT2D eigenvalue weighted by molar-refractivity contribution is 7.89. The maximum atomic E-state index is 12.6. The third kappa shape index (κ3) is 3.65. The van der Waals surface area contributed by atoms with Crippen molar-refractivity contribution in [3.8, 4) is 0 Å². The number of sulfonamides is 1. The molecule has 1 saturated carbocycles. The first-order valence-electron chi connectivity index (χ1n) is 7.57. The summed E-state index contributed by atoms with van der Waals surface area (Å²) in [6.45, 7) is 6.82. The van der Waals surface area contributed by atoms with Gasteiger partial charge >= 0.3 is 0 Å². The number of aryl methyl sites for hydroxylation is 2. The van der Waals surface area contributed by atoms with Crippen LogP contribution in [0, 0.1) is 19.3 Å². The number of hydrogen-bond donors (Lipinski definition) is 2. The molecule has 1 fully saturated rings. The summed E-state index contributed by atoms with van der Waals surface area (Å²) < 4.78 is 28.0. The molecule has 2 rings (SSSR count).